The number of anilines is 1. The van der Waals surface area contributed by atoms with Crippen molar-refractivity contribution in [3.8, 4) is 0 Å². The summed E-state index contributed by atoms with van der Waals surface area (Å²) >= 11 is 0. The first-order valence-corrected chi connectivity index (χ1v) is 5.87. The zero-order chi connectivity index (χ0) is 12.7. The van der Waals surface area contributed by atoms with E-state index in [0.717, 1.165) is 5.69 Å². The number of aryl methyl sites for hydroxylation is 1. The van der Waals surface area contributed by atoms with Crippen molar-refractivity contribution in [1.82, 2.24) is 5.32 Å². The Bertz CT molecular complexity index is 370. The maximum atomic E-state index is 12.0. The van der Waals surface area contributed by atoms with Crippen LogP contribution in [0.4, 0.5) is 5.69 Å². The standard InChI is InChI=1S/C14H20N2O/c1-4-10-15-11-14(17)16(5-2)13-8-6-12(3)7-9-13/h4,6-9,15H,1,5,10-11H2,2-3H3. The molecule has 1 aromatic rings. The lowest BCUT2D eigenvalue weighted by Crippen LogP contribution is -2.38. The van der Waals surface area contributed by atoms with Crippen molar-refractivity contribution in [2.24, 2.45) is 0 Å². The van der Waals surface area contributed by atoms with E-state index in [1.807, 2.05) is 38.1 Å². The van der Waals surface area contributed by atoms with E-state index in [4.69, 9.17) is 0 Å². The fourth-order valence-corrected chi connectivity index (χ4v) is 1.60. The van der Waals surface area contributed by atoms with Crippen molar-refractivity contribution < 1.29 is 4.79 Å². The third-order valence-electron chi connectivity index (χ3n) is 2.53. The minimum absolute atomic E-state index is 0.0817. The smallest absolute Gasteiger partial charge is 0.240 e. The second kappa shape index (κ2) is 6.86. The number of carbonyl (C=O) groups excluding carboxylic acids is 1. The van der Waals surface area contributed by atoms with Gasteiger partial charge in [-0.25, -0.2) is 0 Å². The molecule has 0 aliphatic rings. The average molecular weight is 232 g/mol. The van der Waals surface area contributed by atoms with Gasteiger partial charge in [0.2, 0.25) is 5.91 Å². The highest BCUT2D eigenvalue weighted by Gasteiger charge is 2.12. The average Bonchev–Trinajstić information content (AvgIpc) is 2.33. The van der Waals surface area contributed by atoms with Crippen LogP contribution in [0.25, 0.3) is 0 Å². The highest BCUT2D eigenvalue weighted by molar-refractivity contribution is 5.94. The van der Waals surface area contributed by atoms with E-state index in [1.165, 1.54) is 5.56 Å². The molecule has 3 nitrogen and oxygen atoms in total. The Morgan fingerprint density at radius 3 is 2.59 bits per heavy atom. The summed E-state index contributed by atoms with van der Waals surface area (Å²) in [6.07, 6.45) is 1.75. The lowest BCUT2D eigenvalue weighted by Gasteiger charge is -2.21. The Labute approximate surface area is 103 Å². The van der Waals surface area contributed by atoms with E-state index < -0.39 is 0 Å². The van der Waals surface area contributed by atoms with Crippen LogP contribution in [0.15, 0.2) is 36.9 Å². The molecule has 1 N–H and O–H groups in total. The van der Waals surface area contributed by atoms with E-state index >= 15 is 0 Å². The van der Waals surface area contributed by atoms with Gasteiger partial charge in [-0.3, -0.25) is 4.79 Å². The van der Waals surface area contributed by atoms with Crippen LogP contribution in [-0.4, -0.2) is 25.5 Å². The van der Waals surface area contributed by atoms with Crippen LogP contribution in [0.5, 0.6) is 0 Å². The second-order valence-electron chi connectivity index (χ2n) is 3.89. The summed E-state index contributed by atoms with van der Waals surface area (Å²) in [4.78, 5) is 13.7. The van der Waals surface area contributed by atoms with Crippen molar-refractivity contribution in [2.75, 3.05) is 24.5 Å². The largest absolute Gasteiger partial charge is 0.312 e. The zero-order valence-corrected chi connectivity index (χ0v) is 10.6. The first-order valence-electron chi connectivity index (χ1n) is 5.87. The number of likely N-dealkylation sites (N-methyl/N-ethyl adjacent to an activating group) is 1. The van der Waals surface area contributed by atoms with Crippen LogP contribution in [0.3, 0.4) is 0 Å². The highest BCUT2D eigenvalue weighted by atomic mass is 16.2. The predicted octanol–water partition coefficient (Wildman–Crippen LogP) is 2.12. The molecule has 0 spiro atoms. The van der Waals surface area contributed by atoms with E-state index in [1.54, 1.807) is 11.0 Å². The molecule has 0 aliphatic carbocycles. The molecule has 0 radical (unpaired) electrons. The van der Waals surface area contributed by atoms with Gasteiger partial charge in [0, 0.05) is 18.8 Å². The van der Waals surface area contributed by atoms with Gasteiger partial charge < -0.3 is 10.2 Å². The van der Waals surface area contributed by atoms with Crippen LogP contribution < -0.4 is 10.2 Å². The predicted molar refractivity (Wildman–Crippen MR) is 72.3 cm³/mol. The number of hydrogen-bond donors (Lipinski definition) is 1. The Morgan fingerprint density at radius 1 is 1.41 bits per heavy atom. The molecule has 0 aromatic heterocycles. The van der Waals surface area contributed by atoms with Crippen molar-refractivity contribution >= 4 is 11.6 Å². The summed E-state index contributed by atoms with van der Waals surface area (Å²) in [6.45, 7) is 9.28. The molecule has 1 amide bonds. The molecule has 0 atom stereocenters. The Balaban J connectivity index is 2.66. The first kappa shape index (κ1) is 13.5. The van der Waals surface area contributed by atoms with E-state index in [-0.39, 0.29) is 5.91 Å². The lowest BCUT2D eigenvalue weighted by molar-refractivity contribution is -0.117. The van der Waals surface area contributed by atoms with Crippen molar-refractivity contribution in [3.63, 3.8) is 0 Å². The molecule has 17 heavy (non-hydrogen) atoms. The molecular formula is C14H20N2O. The maximum Gasteiger partial charge on any atom is 0.240 e. The molecule has 0 bridgehead atoms. The number of hydrogen-bond acceptors (Lipinski definition) is 2. The lowest BCUT2D eigenvalue weighted by atomic mass is 10.2. The molecule has 0 saturated carbocycles. The monoisotopic (exact) mass is 232 g/mol. The molecule has 1 rings (SSSR count). The molecule has 0 aliphatic heterocycles. The second-order valence-corrected chi connectivity index (χ2v) is 3.89. The quantitative estimate of drug-likeness (QED) is 0.602. The molecule has 0 saturated heterocycles. The number of rotatable bonds is 6. The third kappa shape index (κ3) is 4.04. The van der Waals surface area contributed by atoms with E-state index in [0.29, 0.717) is 19.6 Å². The maximum absolute atomic E-state index is 12.0. The summed E-state index contributed by atoms with van der Waals surface area (Å²) in [7, 11) is 0. The molecule has 1 aromatic carbocycles. The molecule has 0 unspecified atom stereocenters. The molecule has 3 heteroatoms. The molecule has 0 heterocycles. The van der Waals surface area contributed by atoms with Gasteiger partial charge in [0.15, 0.2) is 0 Å². The van der Waals surface area contributed by atoms with Gasteiger partial charge in [-0.05, 0) is 26.0 Å². The minimum atomic E-state index is 0.0817. The number of benzene rings is 1. The van der Waals surface area contributed by atoms with Gasteiger partial charge in [-0.1, -0.05) is 23.8 Å². The van der Waals surface area contributed by atoms with Gasteiger partial charge in [-0.15, -0.1) is 6.58 Å². The van der Waals surface area contributed by atoms with Crippen molar-refractivity contribution in [3.05, 3.63) is 42.5 Å². The number of nitrogens with one attached hydrogen (secondary N) is 1. The van der Waals surface area contributed by atoms with Crippen molar-refractivity contribution in [2.45, 2.75) is 13.8 Å². The number of carbonyl (C=O) groups is 1. The van der Waals surface area contributed by atoms with E-state index in [2.05, 4.69) is 11.9 Å². The molecular weight excluding hydrogens is 212 g/mol. The van der Waals surface area contributed by atoms with Gasteiger partial charge in [0.25, 0.3) is 0 Å². The summed E-state index contributed by atoms with van der Waals surface area (Å²) < 4.78 is 0. The molecule has 0 fully saturated rings. The number of amides is 1. The van der Waals surface area contributed by atoms with Crippen LogP contribution in [-0.2, 0) is 4.79 Å². The summed E-state index contributed by atoms with van der Waals surface area (Å²) in [6, 6.07) is 7.99. The van der Waals surface area contributed by atoms with Gasteiger partial charge in [0.05, 0.1) is 6.54 Å². The summed E-state index contributed by atoms with van der Waals surface area (Å²) in [5.41, 5.74) is 2.14. The van der Waals surface area contributed by atoms with Gasteiger partial charge >= 0.3 is 0 Å². The summed E-state index contributed by atoms with van der Waals surface area (Å²) in [5, 5.41) is 3.02. The summed E-state index contributed by atoms with van der Waals surface area (Å²) in [5.74, 6) is 0.0817. The number of nitrogens with zero attached hydrogens (tertiary/aromatic N) is 1. The zero-order valence-electron chi connectivity index (χ0n) is 10.6. The third-order valence-corrected chi connectivity index (χ3v) is 2.53. The highest BCUT2D eigenvalue weighted by Crippen LogP contribution is 2.14. The minimum Gasteiger partial charge on any atom is -0.312 e. The topological polar surface area (TPSA) is 32.3 Å². The van der Waals surface area contributed by atoms with Gasteiger partial charge in [0.1, 0.15) is 0 Å². The van der Waals surface area contributed by atoms with E-state index in [9.17, 15) is 4.79 Å². The Kier molecular flexibility index (Phi) is 5.43. The van der Waals surface area contributed by atoms with Gasteiger partial charge in [-0.2, -0.15) is 0 Å². The molecule has 92 valence electrons. The Hall–Kier alpha value is -1.61. The van der Waals surface area contributed by atoms with Crippen molar-refractivity contribution in [1.29, 1.82) is 0 Å². The normalized spacial score (nSPS) is 10.0. The fourth-order valence-electron chi connectivity index (χ4n) is 1.60. The fraction of sp³-hybridized carbons (Fsp3) is 0.357. The first-order chi connectivity index (χ1) is 8.19. The Morgan fingerprint density at radius 2 is 2.06 bits per heavy atom. The van der Waals surface area contributed by atoms with Crippen LogP contribution >= 0.6 is 0 Å². The van der Waals surface area contributed by atoms with Crippen LogP contribution in [0.1, 0.15) is 12.5 Å². The van der Waals surface area contributed by atoms with Crippen LogP contribution in [0, 0.1) is 6.92 Å². The SMILES string of the molecule is C=CCNCC(=O)N(CC)c1ccc(C)cc1. The van der Waals surface area contributed by atoms with Crippen LogP contribution in [0.2, 0.25) is 0 Å².